The molecule has 0 bridgehead atoms. The number of halogens is 4. The van der Waals surface area contributed by atoms with Crippen LogP contribution in [0.15, 0.2) is 18.2 Å². The van der Waals surface area contributed by atoms with E-state index in [-0.39, 0.29) is 29.4 Å². The van der Waals surface area contributed by atoms with Gasteiger partial charge in [-0.25, -0.2) is 0 Å². The van der Waals surface area contributed by atoms with Crippen LogP contribution in [0.4, 0.5) is 13.2 Å². The highest BCUT2D eigenvalue weighted by atomic mass is 35.5. The highest BCUT2D eigenvalue weighted by molar-refractivity contribution is 8.00. The van der Waals surface area contributed by atoms with Crippen molar-refractivity contribution in [3.63, 3.8) is 0 Å². The molecular formula is C14H19ClF3NOS. The Morgan fingerprint density at radius 1 is 1.38 bits per heavy atom. The topological polar surface area (TPSA) is 46.2 Å². The van der Waals surface area contributed by atoms with Crippen molar-refractivity contribution in [2.75, 3.05) is 5.75 Å². The molecule has 1 aromatic carbocycles. The van der Waals surface area contributed by atoms with Crippen LogP contribution in [0.3, 0.4) is 0 Å². The summed E-state index contributed by atoms with van der Waals surface area (Å²) in [6.45, 7) is 3.83. The number of rotatable bonds is 2. The second-order valence-corrected chi connectivity index (χ2v) is 6.99. The van der Waals surface area contributed by atoms with Crippen LogP contribution in [-0.4, -0.2) is 28.3 Å². The molecule has 0 saturated carbocycles. The number of aromatic hydroxyl groups is 1. The zero-order chi connectivity index (χ0) is 15.1. The normalized spacial score (nSPS) is 24.1. The first-order valence-electron chi connectivity index (χ1n) is 6.37. The highest BCUT2D eigenvalue weighted by Crippen LogP contribution is 2.42. The number of hydrogen-bond donors (Lipinski definition) is 2. The van der Waals surface area contributed by atoms with Crippen molar-refractivity contribution < 1.29 is 18.3 Å². The molecular weight excluding hydrogens is 323 g/mol. The molecule has 0 spiro atoms. The highest BCUT2D eigenvalue weighted by Gasteiger charge is 2.42. The Morgan fingerprint density at radius 2 is 2.00 bits per heavy atom. The summed E-state index contributed by atoms with van der Waals surface area (Å²) >= 11 is 0.870. The zero-order valence-corrected chi connectivity index (χ0v) is 13.4. The van der Waals surface area contributed by atoms with E-state index in [0.29, 0.717) is 6.42 Å². The first kappa shape index (κ1) is 18.5. The summed E-state index contributed by atoms with van der Waals surface area (Å²) in [5.41, 5.74) is 7.61. The van der Waals surface area contributed by atoms with Crippen LogP contribution in [0.2, 0.25) is 0 Å². The molecule has 120 valence electrons. The lowest BCUT2D eigenvalue weighted by atomic mass is 9.69. The third-order valence-electron chi connectivity index (χ3n) is 3.90. The van der Waals surface area contributed by atoms with Gasteiger partial charge in [-0.1, -0.05) is 19.9 Å². The van der Waals surface area contributed by atoms with E-state index in [0.717, 1.165) is 22.9 Å². The molecule has 0 radical (unpaired) electrons. The Hall–Kier alpha value is -0.590. The molecule has 2 atom stereocenters. The van der Waals surface area contributed by atoms with Gasteiger partial charge in [0.2, 0.25) is 0 Å². The second-order valence-electron chi connectivity index (χ2n) is 5.76. The van der Waals surface area contributed by atoms with Crippen LogP contribution in [0.1, 0.15) is 25.0 Å². The fourth-order valence-corrected chi connectivity index (χ4v) is 3.94. The van der Waals surface area contributed by atoms with E-state index < -0.39 is 17.3 Å². The number of thioether (sulfide) groups is 1. The van der Waals surface area contributed by atoms with Gasteiger partial charge in [0.15, 0.2) is 0 Å². The molecule has 0 fully saturated rings. The number of benzene rings is 1. The minimum absolute atomic E-state index is 0. The van der Waals surface area contributed by atoms with Gasteiger partial charge in [-0.15, -0.1) is 24.2 Å². The monoisotopic (exact) mass is 341 g/mol. The van der Waals surface area contributed by atoms with Gasteiger partial charge >= 0.3 is 6.18 Å². The smallest absolute Gasteiger partial charge is 0.397 e. The standard InChI is InChI=1S/C14H18F3NOS.ClH/c1-13(2)10-6-9(19)4-3-8(10)5-11(12(13)18)20-7-14(15,16)17;/h3-4,6,11-12,19H,5,7,18H2,1-2H3;1H/t11-,12+;/m0./s1. The molecule has 2 nitrogen and oxygen atoms in total. The van der Waals surface area contributed by atoms with Crippen LogP contribution < -0.4 is 5.73 Å². The first-order valence-corrected chi connectivity index (χ1v) is 7.42. The van der Waals surface area contributed by atoms with Gasteiger partial charge in [-0.05, 0) is 29.7 Å². The van der Waals surface area contributed by atoms with Crippen molar-refractivity contribution in [1.29, 1.82) is 0 Å². The molecule has 0 aromatic heterocycles. The zero-order valence-electron chi connectivity index (χ0n) is 11.8. The Balaban J connectivity index is 0.00000220. The SMILES string of the molecule is CC1(C)c2cc(O)ccc2C[C@H](SCC(F)(F)F)[C@H]1N.Cl. The van der Waals surface area contributed by atoms with Crippen LogP contribution in [0, 0.1) is 0 Å². The van der Waals surface area contributed by atoms with Crippen LogP contribution in [-0.2, 0) is 11.8 Å². The van der Waals surface area contributed by atoms with Gasteiger partial charge < -0.3 is 10.8 Å². The predicted octanol–water partition coefficient (Wildman–Crippen LogP) is 3.64. The van der Waals surface area contributed by atoms with E-state index in [4.69, 9.17) is 5.73 Å². The fourth-order valence-electron chi connectivity index (χ4n) is 2.69. The number of phenolic OH excluding ortho intramolecular Hbond substituents is 1. The Labute approximate surface area is 132 Å². The van der Waals surface area contributed by atoms with E-state index in [1.165, 1.54) is 0 Å². The van der Waals surface area contributed by atoms with Crippen LogP contribution >= 0.6 is 24.2 Å². The summed E-state index contributed by atoms with van der Waals surface area (Å²) in [6.07, 6.45) is -3.68. The summed E-state index contributed by atoms with van der Waals surface area (Å²) in [5, 5.41) is 9.31. The Morgan fingerprint density at radius 3 is 2.57 bits per heavy atom. The molecule has 3 N–H and O–H groups in total. The average Bonchev–Trinajstić information content (AvgIpc) is 2.32. The largest absolute Gasteiger partial charge is 0.508 e. The van der Waals surface area contributed by atoms with E-state index in [9.17, 15) is 18.3 Å². The summed E-state index contributed by atoms with van der Waals surface area (Å²) in [4.78, 5) is 0. The summed E-state index contributed by atoms with van der Waals surface area (Å²) < 4.78 is 37.2. The molecule has 0 saturated heterocycles. The third-order valence-corrected chi connectivity index (χ3v) is 5.29. The molecule has 7 heteroatoms. The lowest BCUT2D eigenvalue weighted by Crippen LogP contribution is -2.52. The van der Waals surface area contributed by atoms with Crippen LogP contribution in [0.5, 0.6) is 5.75 Å². The fraction of sp³-hybridized carbons (Fsp3) is 0.571. The quantitative estimate of drug-likeness (QED) is 0.863. The maximum Gasteiger partial charge on any atom is 0.397 e. The molecule has 0 amide bonds. The molecule has 21 heavy (non-hydrogen) atoms. The maximum absolute atomic E-state index is 12.4. The maximum atomic E-state index is 12.4. The van der Waals surface area contributed by atoms with E-state index in [1.54, 1.807) is 18.2 Å². The molecule has 1 aliphatic rings. The summed E-state index contributed by atoms with van der Waals surface area (Å²) in [6, 6.07) is 4.63. The van der Waals surface area contributed by atoms with E-state index in [1.807, 2.05) is 13.8 Å². The number of phenols is 1. The lowest BCUT2D eigenvalue weighted by molar-refractivity contribution is -0.105. The Kier molecular flexibility index (Phi) is 5.51. The summed E-state index contributed by atoms with van der Waals surface area (Å²) in [7, 11) is 0. The molecule has 0 heterocycles. The van der Waals surface area contributed by atoms with Crippen molar-refractivity contribution in [3.05, 3.63) is 29.3 Å². The van der Waals surface area contributed by atoms with E-state index >= 15 is 0 Å². The Bertz CT molecular complexity index is 507. The van der Waals surface area contributed by atoms with Crippen molar-refractivity contribution in [1.82, 2.24) is 0 Å². The number of nitrogens with two attached hydrogens (primary N) is 1. The van der Waals surface area contributed by atoms with Gasteiger partial charge in [0, 0.05) is 16.7 Å². The summed E-state index contributed by atoms with van der Waals surface area (Å²) in [5.74, 6) is -0.722. The molecule has 2 rings (SSSR count). The molecule has 1 aliphatic carbocycles. The van der Waals surface area contributed by atoms with Crippen molar-refractivity contribution in [2.24, 2.45) is 5.73 Å². The number of alkyl halides is 3. The van der Waals surface area contributed by atoms with Gasteiger partial charge in [0.25, 0.3) is 0 Å². The van der Waals surface area contributed by atoms with Gasteiger partial charge in [0.1, 0.15) is 5.75 Å². The van der Waals surface area contributed by atoms with Gasteiger partial charge in [0.05, 0.1) is 5.75 Å². The van der Waals surface area contributed by atoms with E-state index in [2.05, 4.69) is 0 Å². The number of hydrogen-bond acceptors (Lipinski definition) is 3. The predicted molar refractivity (Wildman–Crippen MR) is 82.4 cm³/mol. The minimum atomic E-state index is -4.18. The number of fused-ring (bicyclic) bond motifs is 1. The van der Waals surface area contributed by atoms with Crippen molar-refractivity contribution in [3.8, 4) is 5.75 Å². The van der Waals surface area contributed by atoms with Gasteiger partial charge in [-0.3, -0.25) is 0 Å². The molecule has 0 aliphatic heterocycles. The van der Waals surface area contributed by atoms with Crippen LogP contribution in [0.25, 0.3) is 0 Å². The lowest BCUT2D eigenvalue weighted by Gasteiger charge is -2.43. The molecule has 0 unspecified atom stereocenters. The average molecular weight is 342 g/mol. The van der Waals surface area contributed by atoms with Gasteiger partial charge in [-0.2, -0.15) is 13.2 Å². The second kappa shape index (κ2) is 6.26. The first-order chi connectivity index (χ1) is 9.11. The molecule has 1 aromatic rings. The third kappa shape index (κ3) is 3.99. The minimum Gasteiger partial charge on any atom is -0.508 e. The van der Waals surface area contributed by atoms with Crippen molar-refractivity contribution in [2.45, 2.75) is 43.2 Å². The van der Waals surface area contributed by atoms with Crippen molar-refractivity contribution >= 4 is 24.2 Å².